The molecule has 18 heavy (non-hydrogen) atoms. The largest absolute Gasteiger partial charge is 0.388 e. The van der Waals surface area contributed by atoms with Crippen LogP contribution in [0.5, 0.6) is 0 Å². The van der Waals surface area contributed by atoms with Crippen molar-refractivity contribution in [2.45, 2.75) is 57.3 Å². The van der Waals surface area contributed by atoms with Gasteiger partial charge in [0, 0.05) is 25.7 Å². The van der Waals surface area contributed by atoms with Crippen molar-refractivity contribution < 1.29 is 9.84 Å². The molecule has 2 N–H and O–H groups in total. The first kappa shape index (κ1) is 15.9. The molecule has 0 amide bonds. The topological polar surface area (TPSA) is 44.7 Å². The van der Waals surface area contributed by atoms with Crippen LogP contribution in [0.25, 0.3) is 0 Å². The van der Waals surface area contributed by atoms with Gasteiger partial charge in [0.05, 0.1) is 11.7 Å². The second-order valence-corrected chi connectivity index (χ2v) is 6.12. The molecular weight excluding hydrogens is 228 g/mol. The summed E-state index contributed by atoms with van der Waals surface area (Å²) in [6.07, 6.45) is 4.85. The molecule has 1 heterocycles. The molecule has 4 heteroatoms. The van der Waals surface area contributed by atoms with Gasteiger partial charge in [0.15, 0.2) is 0 Å². The van der Waals surface area contributed by atoms with Crippen molar-refractivity contribution in [3.8, 4) is 0 Å². The summed E-state index contributed by atoms with van der Waals surface area (Å²) in [4.78, 5) is 2.02. The number of hydrogen-bond donors (Lipinski definition) is 2. The smallest absolute Gasteiger partial charge is 0.0869 e. The summed E-state index contributed by atoms with van der Waals surface area (Å²) in [5, 5.41) is 13.7. The zero-order valence-corrected chi connectivity index (χ0v) is 12.4. The van der Waals surface area contributed by atoms with Gasteiger partial charge >= 0.3 is 0 Å². The van der Waals surface area contributed by atoms with E-state index in [4.69, 9.17) is 4.74 Å². The van der Waals surface area contributed by atoms with Crippen molar-refractivity contribution in [3.05, 3.63) is 0 Å². The first-order valence-corrected chi connectivity index (χ1v) is 7.15. The van der Waals surface area contributed by atoms with E-state index < -0.39 is 5.60 Å². The Labute approximate surface area is 112 Å². The molecule has 0 spiro atoms. The number of nitrogens with one attached hydrogen (secondary N) is 1. The molecule has 0 radical (unpaired) electrons. The standard InChI is InChI=1S/C14H30N2O2/c1-5-6-13-9-12(7-8-18-13)15-10-14(2,17)11-16(3)4/h12-13,15,17H,5-11H2,1-4H3. The molecule has 0 aliphatic carbocycles. The molecule has 1 aliphatic rings. The molecular formula is C14H30N2O2. The Kier molecular flexibility index (Phi) is 6.57. The van der Waals surface area contributed by atoms with E-state index in [0.29, 0.717) is 25.2 Å². The minimum Gasteiger partial charge on any atom is -0.388 e. The lowest BCUT2D eigenvalue weighted by atomic mass is 9.98. The third kappa shape index (κ3) is 6.14. The summed E-state index contributed by atoms with van der Waals surface area (Å²) in [5.74, 6) is 0. The van der Waals surface area contributed by atoms with Gasteiger partial charge in [0.25, 0.3) is 0 Å². The SMILES string of the molecule is CCCC1CC(NCC(C)(O)CN(C)C)CCO1. The number of nitrogens with zero attached hydrogens (tertiary/aromatic N) is 1. The van der Waals surface area contributed by atoms with Gasteiger partial charge in [0.2, 0.25) is 0 Å². The van der Waals surface area contributed by atoms with Crippen LogP contribution < -0.4 is 5.32 Å². The van der Waals surface area contributed by atoms with Crippen molar-refractivity contribution in [1.82, 2.24) is 10.2 Å². The predicted molar refractivity (Wildman–Crippen MR) is 74.9 cm³/mol. The van der Waals surface area contributed by atoms with Crippen LogP contribution in [-0.4, -0.2) is 61.5 Å². The molecule has 108 valence electrons. The minimum absolute atomic E-state index is 0.403. The summed E-state index contributed by atoms with van der Waals surface area (Å²) in [6.45, 7) is 6.26. The van der Waals surface area contributed by atoms with Crippen LogP contribution in [0.4, 0.5) is 0 Å². The highest BCUT2D eigenvalue weighted by atomic mass is 16.5. The zero-order chi connectivity index (χ0) is 13.6. The van der Waals surface area contributed by atoms with Gasteiger partial charge in [-0.05, 0) is 40.3 Å². The maximum atomic E-state index is 10.2. The number of ether oxygens (including phenoxy) is 1. The van der Waals surface area contributed by atoms with Crippen molar-refractivity contribution in [1.29, 1.82) is 0 Å². The summed E-state index contributed by atoms with van der Waals surface area (Å²) >= 11 is 0. The van der Waals surface area contributed by atoms with Gasteiger partial charge in [-0.25, -0.2) is 0 Å². The number of hydrogen-bond acceptors (Lipinski definition) is 4. The third-order valence-corrected chi connectivity index (χ3v) is 3.41. The van der Waals surface area contributed by atoms with Gasteiger partial charge < -0.3 is 20.1 Å². The van der Waals surface area contributed by atoms with Crippen LogP contribution in [0, 0.1) is 0 Å². The van der Waals surface area contributed by atoms with Crippen LogP contribution in [0.1, 0.15) is 39.5 Å². The lowest BCUT2D eigenvalue weighted by Crippen LogP contribution is -2.50. The number of rotatable bonds is 7. The summed E-state index contributed by atoms with van der Waals surface area (Å²) in [6, 6.07) is 0.490. The van der Waals surface area contributed by atoms with Crippen LogP contribution in [-0.2, 0) is 4.74 Å². The Morgan fingerprint density at radius 3 is 2.78 bits per heavy atom. The van der Waals surface area contributed by atoms with E-state index in [9.17, 15) is 5.11 Å². The van der Waals surface area contributed by atoms with Crippen molar-refractivity contribution in [2.75, 3.05) is 33.8 Å². The van der Waals surface area contributed by atoms with Gasteiger partial charge in [-0.3, -0.25) is 0 Å². The molecule has 1 saturated heterocycles. The van der Waals surface area contributed by atoms with Gasteiger partial charge in [-0.2, -0.15) is 0 Å². The van der Waals surface area contributed by atoms with E-state index in [1.807, 2.05) is 25.9 Å². The number of aliphatic hydroxyl groups is 1. The summed E-state index contributed by atoms with van der Waals surface area (Å²) in [7, 11) is 3.97. The highest BCUT2D eigenvalue weighted by Gasteiger charge is 2.26. The first-order valence-electron chi connectivity index (χ1n) is 7.15. The fourth-order valence-electron chi connectivity index (χ4n) is 2.69. The third-order valence-electron chi connectivity index (χ3n) is 3.41. The van der Waals surface area contributed by atoms with Crippen LogP contribution in [0.15, 0.2) is 0 Å². The Morgan fingerprint density at radius 1 is 1.44 bits per heavy atom. The fourth-order valence-corrected chi connectivity index (χ4v) is 2.69. The normalized spacial score (nSPS) is 28.3. The number of likely N-dealkylation sites (N-methyl/N-ethyl adjacent to an activating group) is 1. The molecule has 1 fully saturated rings. The molecule has 3 atom stereocenters. The van der Waals surface area contributed by atoms with E-state index in [1.165, 1.54) is 6.42 Å². The molecule has 0 aromatic heterocycles. The predicted octanol–water partition coefficient (Wildman–Crippen LogP) is 1.24. The Bertz CT molecular complexity index is 230. The lowest BCUT2D eigenvalue weighted by Gasteiger charge is -2.33. The summed E-state index contributed by atoms with van der Waals surface area (Å²) in [5.41, 5.74) is -0.665. The second kappa shape index (κ2) is 7.43. The Morgan fingerprint density at radius 2 is 2.17 bits per heavy atom. The van der Waals surface area contributed by atoms with Crippen molar-refractivity contribution in [3.63, 3.8) is 0 Å². The molecule has 3 unspecified atom stereocenters. The highest BCUT2D eigenvalue weighted by Crippen LogP contribution is 2.18. The van der Waals surface area contributed by atoms with Crippen molar-refractivity contribution >= 4 is 0 Å². The van der Waals surface area contributed by atoms with Crippen molar-refractivity contribution in [2.24, 2.45) is 0 Å². The van der Waals surface area contributed by atoms with Gasteiger partial charge in [-0.15, -0.1) is 0 Å². The monoisotopic (exact) mass is 258 g/mol. The minimum atomic E-state index is -0.665. The molecule has 0 bridgehead atoms. The van der Waals surface area contributed by atoms with Crippen LogP contribution in [0.3, 0.4) is 0 Å². The van der Waals surface area contributed by atoms with E-state index in [0.717, 1.165) is 25.9 Å². The molecule has 0 aromatic rings. The Hall–Kier alpha value is -0.160. The maximum Gasteiger partial charge on any atom is 0.0869 e. The molecule has 1 aliphatic heterocycles. The molecule has 4 nitrogen and oxygen atoms in total. The Balaban J connectivity index is 2.29. The maximum absolute atomic E-state index is 10.2. The quantitative estimate of drug-likeness (QED) is 0.721. The van der Waals surface area contributed by atoms with Crippen LogP contribution >= 0.6 is 0 Å². The van der Waals surface area contributed by atoms with E-state index in [1.54, 1.807) is 0 Å². The zero-order valence-electron chi connectivity index (χ0n) is 12.4. The van der Waals surface area contributed by atoms with Crippen LogP contribution in [0.2, 0.25) is 0 Å². The average molecular weight is 258 g/mol. The fraction of sp³-hybridized carbons (Fsp3) is 1.00. The molecule has 0 saturated carbocycles. The summed E-state index contributed by atoms with van der Waals surface area (Å²) < 4.78 is 5.73. The van der Waals surface area contributed by atoms with E-state index in [-0.39, 0.29) is 0 Å². The van der Waals surface area contributed by atoms with E-state index >= 15 is 0 Å². The van der Waals surface area contributed by atoms with Gasteiger partial charge in [-0.1, -0.05) is 13.3 Å². The van der Waals surface area contributed by atoms with Gasteiger partial charge in [0.1, 0.15) is 0 Å². The highest BCUT2D eigenvalue weighted by molar-refractivity contribution is 4.83. The first-order chi connectivity index (χ1) is 8.43. The van der Waals surface area contributed by atoms with E-state index in [2.05, 4.69) is 12.2 Å². The second-order valence-electron chi connectivity index (χ2n) is 6.12. The molecule has 0 aromatic carbocycles. The average Bonchev–Trinajstić information content (AvgIpc) is 2.26. The molecule has 1 rings (SSSR count). The lowest BCUT2D eigenvalue weighted by molar-refractivity contribution is -0.0131.